The molecule has 0 saturated carbocycles. The number of aliphatic hydroxyl groups excluding tert-OH is 1. The number of halogens is 1. The molecule has 0 bridgehead atoms. The summed E-state index contributed by atoms with van der Waals surface area (Å²) in [7, 11) is 3.75. The Bertz CT molecular complexity index is 1890. The summed E-state index contributed by atoms with van der Waals surface area (Å²) in [6.07, 6.45) is 6.03. The number of aromatic nitrogens is 2. The predicted molar refractivity (Wildman–Crippen MR) is 181 cm³/mol. The zero-order valence-corrected chi connectivity index (χ0v) is 27.5. The number of aliphatic hydroxyl groups is 1. The summed E-state index contributed by atoms with van der Waals surface area (Å²) in [4.78, 5) is 39.8. The molecule has 2 aliphatic heterocycles. The van der Waals surface area contributed by atoms with Gasteiger partial charge in [0, 0.05) is 62.0 Å². The SMILES string of the molecule is CN1CCN(c2ccc(Nc3cc(-c4cc(F)cc(N5CCc6c(sc7c6CC(C)(C)C7)C5=O)c4CO)cn(C)c3=O)nc2)CC1. The zero-order valence-electron chi connectivity index (χ0n) is 26.7. The summed E-state index contributed by atoms with van der Waals surface area (Å²) in [6, 6.07) is 8.16. The highest BCUT2D eigenvalue weighted by atomic mass is 32.1. The quantitative estimate of drug-likeness (QED) is 0.307. The largest absolute Gasteiger partial charge is 0.392 e. The lowest BCUT2D eigenvalue weighted by atomic mass is 9.89. The molecule has 0 atom stereocenters. The molecule has 11 heteroatoms. The van der Waals surface area contributed by atoms with E-state index in [4.69, 9.17) is 0 Å². The minimum absolute atomic E-state index is 0.154. The van der Waals surface area contributed by atoms with Crippen LogP contribution in [0.25, 0.3) is 11.1 Å². The molecular weight excluding hydrogens is 603 g/mol. The van der Waals surface area contributed by atoms with Crippen molar-refractivity contribution in [3.63, 3.8) is 0 Å². The first-order valence-electron chi connectivity index (χ1n) is 15.8. The van der Waals surface area contributed by atoms with Gasteiger partial charge in [-0.2, -0.15) is 0 Å². The molecule has 240 valence electrons. The summed E-state index contributed by atoms with van der Waals surface area (Å²) >= 11 is 1.56. The van der Waals surface area contributed by atoms with E-state index >= 15 is 4.39 Å². The van der Waals surface area contributed by atoms with Crippen LogP contribution in [-0.4, -0.2) is 65.2 Å². The number of fused-ring (bicyclic) bond motifs is 3. The van der Waals surface area contributed by atoms with Crippen molar-refractivity contribution in [2.75, 3.05) is 54.9 Å². The number of nitrogens with one attached hydrogen (secondary N) is 1. The highest BCUT2D eigenvalue weighted by Crippen LogP contribution is 2.46. The standard InChI is InChI=1S/C35H39FN6O3S/c1-35(2)16-26-24-7-8-42(34(45)32(24)46-30(26)17-35)29-15-22(36)14-25(27(29)20-43)21-13-28(33(44)40(4)19-21)38-31-6-5-23(18-37-31)41-11-9-39(3)10-12-41/h5-6,13-15,18-19,43H,7-12,16-17,20H2,1-4H3,(H,37,38). The van der Waals surface area contributed by atoms with Gasteiger partial charge in [-0.05, 0) is 78.7 Å². The monoisotopic (exact) mass is 642 g/mol. The van der Waals surface area contributed by atoms with Gasteiger partial charge in [0.25, 0.3) is 11.5 Å². The number of aryl methyl sites for hydroxylation is 1. The Morgan fingerprint density at radius 1 is 1.02 bits per heavy atom. The van der Waals surface area contributed by atoms with Crippen molar-refractivity contribution in [2.24, 2.45) is 12.5 Å². The molecule has 5 heterocycles. The van der Waals surface area contributed by atoms with Crippen molar-refractivity contribution in [3.8, 4) is 11.1 Å². The van der Waals surface area contributed by atoms with Gasteiger partial charge in [0.2, 0.25) is 0 Å². The number of piperazine rings is 1. The minimum Gasteiger partial charge on any atom is -0.392 e. The molecule has 1 fully saturated rings. The molecule has 2 N–H and O–H groups in total. The second-order valence-electron chi connectivity index (χ2n) is 13.5. The van der Waals surface area contributed by atoms with Crippen LogP contribution in [0.1, 0.15) is 45.1 Å². The maximum absolute atomic E-state index is 15.3. The van der Waals surface area contributed by atoms with E-state index in [1.165, 1.54) is 27.1 Å². The maximum atomic E-state index is 15.3. The van der Waals surface area contributed by atoms with Gasteiger partial charge in [-0.15, -0.1) is 11.3 Å². The van der Waals surface area contributed by atoms with Gasteiger partial charge >= 0.3 is 0 Å². The van der Waals surface area contributed by atoms with Crippen LogP contribution in [0.3, 0.4) is 0 Å². The van der Waals surface area contributed by atoms with Crippen molar-refractivity contribution in [3.05, 3.63) is 85.3 Å². The Labute approximate surface area is 271 Å². The normalized spacial score (nSPS) is 17.7. The summed E-state index contributed by atoms with van der Waals surface area (Å²) in [5, 5.41) is 13.8. The van der Waals surface area contributed by atoms with Crippen LogP contribution in [0.4, 0.5) is 27.3 Å². The molecule has 9 nitrogen and oxygen atoms in total. The molecule has 0 radical (unpaired) electrons. The van der Waals surface area contributed by atoms with Gasteiger partial charge in [0.05, 0.1) is 29.1 Å². The molecule has 46 heavy (non-hydrogen) atoms. The highest BCUT2D eigenvalue weighted by molar-refractivity contribution is 7.14. The van der Waals surface area contributed by atoms with Gasteiger partial charge in [-0.3, -0.25) is 9.59 Å². The third-order valence-corrected chi connectivity index (χ3v) is 10.8. The number of pyridine rings is 2. The number of amides is 1. The fraction of sp³-hybridized carbons (Fsp3) is 0.400. The smallest absolute Gasteiger partial charge is 0.274 e. The van der Waals surface area contributed by atoms with E-state index in [2.05, 4.69) is 41.0 Å². The Hall–Kier alpha value is -4.06. The predicted octanol–water partition coefficient (Wildman–Crippen LogP) is 4.96. The first-order valence-corrected chi connectivity index (χ1v) is 16.6. The molecule has 1 aromatic carbocycles. The van der Waals surface area contributed by atoms with Crippen molar-refractivity contribution >= 4 is 40.1 Å². The zero-order chi connectivity index (χ0) is 32.3. The number of nitrogens with zero attached hydrogens (tertiary/aromatic N) is 5. The topological polar surface area (TPSA) is 93.9 Å². The van der Waals surface area contributed by atoms with Gasteiger partial charge in [0.15, 0.2) is 0 Å². The van der Waals surface area contributed by atoms with Gasteiger partial charge in [-0.25, -0.2) is 9.37 Å². The average molecular weight is 643 g/mol. The van der Waals surface area contributed by atoms with Crippen LogP contribution in [0, 0.1) is 11.2 Å². The number of hydrogen-bond acceptors (Lipinski definition) is 8. The third-order valence-electron chi connectivity index (χ3n) is 9.53. The summed E-state index contributed by atoms with van der Waals surface area (Å²) in [6.45, 7) is 8.34. The number of hydrogen-bond donors (Lipinski definition) is 2. The molecule has 0 unspecified atom stereocenters. The highest BCUT2D eigenvalue weighted by Gasteiger charge is 2.38. The van der Waals surface area contributed by atoms with Crippen LogP contribution in [-0.2, 0) is 32.9 Å². The van der Waals surface area contributed by atoms with Crippen molar-refractivity contribution in [1.82, 2.24) is 14.5 Å². The molecule has 1 amide bonds. The average Bonchev–Trinajstić information content (AvgIpc) is 3.52. The molecule has 4 aromatic rings. The van der Waals surface area contributed by atoms with Crippen LogP contribution >= 0.6 is 11.3 Å². The molecule has 1 saturated heterocycles. The lowest BCUT2D eigenvalue weighted by Crippen LogP contribution is -2.44. The van der Waals surface area contributed by atoms with E-state index in [0.717, 1.165) is 55.1 Å². The Balaban J connectivity index is 1.20. The first-order chi connectivity index (χ1) is 22.0. The Kier molecular flexibility index (Phi) is 7.73. The molecule has 1 aliphatic carbocycles. The Morgan fingerprint density at radius 3 is 2.52 bits per heavy atom. The van der Waals surface area contributed by atoms with Crippen LogP contribution in [0.5, 0.6) is 0 Å². The minimum atomic E-state index is -0.527. The third kappa shape index (κ3) is 5.50. The van der Waals surface area contributed by atoms with E-state index in [1.54, 1.807) is 41.7 Å². The number of rotatable bonds is 6. The van der Waals surface area contributed by atoms with Gasteiger partial charge in [0.1, 0.15) is 17.3 Å². The van der Waals surface area contributed by atoms with E-state index in [1.807, 2.05) is 12.1 Å². The second-order valence-corrected chi connectivity index (χ2v) is 14.6. The van der Waals surface area contributed by atoms with Gasteiger partial charge < -0.3 is 29.7 Å². The lowest BCUT2D eigenvalue weighted by molar-refractivity contribution is 0.0984. The lowest BCUT2D eigenvalue weighted by Gasteiger charge is -2.33. The molecule has 3 aromatic heterocycles. The van der Waals surface area contributed by atoms with E-state index in [9.17, 15) is 14.7 Å². The number of benzene rings is 1. The van der Waals surface area contributed by atoms with E-state index in [0.29, 0.717) is 41.2 Å². The molecular formula is C35H39FN6O3S. The van der Waals surface area contributed by atoms with Crippen LogP contribution < -0.4 is 20.7 Å². The van der Waals surface area contributed by atoms with E-state index < -0.39 is 12.4 Å². The summed E-state index contributed by atoms with van der Waals surface area (Å²) in [5.74, 6) is -0.172. The fourth-order valence-electron chi connectivity index (χ4n) is 7.08. The van der Waals surface area contributed by atoms with Crippen LogP contribution in [0.2, 0.25) is 0 Å². The fourth-order valence-corrected chi connectivity index (χ4v) is 8.65. The molecule has 3 aliphatic rings. The molecule has 0 spiro atoms. The first kappa shape index (κ1) is 30.6. The number of anilines is 4. The number of carbonyl (C=O) groups is 1. The summed E-state index contributed by atoms with van der Waals surface area (Å²) < 4.78 is 16.8. The number of likely N-dealkylation sites (N-methyl/N-ethyl adjacent to an activating group) is 1. The Morgan fingerprint density at radius 2 is 1.80 bits per heavy atom. The van der Waals surface area contributed by atoms with Crippen molar-refractivity contribution in [2.45, 2.75) is 39.7 Å². The van der Waals surface area contributed by atoms with Gasteiger partial charge in [-0.1, -0.05) is 13.8 Å². The summed E-state index contributed by atoms with van der Waals surface area (Å²) in [5.41, 5.74) is 5.40. The second kappa shape index (κ2) is 11.6. The van der Waals surface area contributed by atoms with Crippen molar-refractivity contribution in [1.29, 1.82) is 0 Å². The maximum Gasteiger partial charge on any atom is 0.274 e. The molecule has 7 rings (SSSR count). The van der Waals surface area contributed by atoms with Crippen LogP contribution in [0.15, 0.2) is 47.5 Å². The number of carbonyl (C=O) groups excluding carboxylic acids is 1. The number of thiophene rings is 1. The van der Waals surface area contributed by atoms with Crippen molar-refractivity contribution < 1.29 is 14.3 Å². The van der Waals surface area contributed by atoms with E-state index in [-0.39, 0.29) is 22.6 Å².